The lowest BCUT2D eigenvalue weighted by atomic mass is 10.2. The smallest absolute Gasteiger partial charge is 0.123 e. The molecule has 0 amide bonds. The van der Waals surface area contributed by atoms with Crippen LogP contribution in [0.1, 0.15) is 11.3 Å². The molecule has 0 unspecified atom stereocenters. The van der Waals surface area contributed by atoms with Gasteiger partial charge in [0.1, 0.15) is 5.82 Å². The van der Waals surface area contributed by atoms with Gasteiger partial charge in [0.25, 0.3) is 0 Å². The van der Waals surface area contributed by atoms with Gasteiger partial charge in [-0.25, -0.2) is 4.98 Å². The van der Waals surface area contributed by atoms with Crippen LogP contribution in [-0.2, 0) is 0 Å². The zero-order valence-electron chi connectivity index (χ0n) is 5.98. The first-order valence-electron chi connectivity index (χ1n) is 3.00. The second kappa shape index (κ2) is 2.46. The molecule has 3 heteroatoms. The zero-order valence-corrected chi connectivity index (χ0v) is 6.74. The minimum atomic E-state index is 0.527. The molecule has 0 aromatic carbocycles. The second-order valence-electron chi connectivity index (χ2n) is 2.26. The van der Waals surface area contributed by atoms with Crippen LogP contribution in [0.15, 0.2) is 6.07 Å². The quantitative estimate of drug-likeness (QED) is 0.624. The van der Waals surface area contributed by atoms with Gasteiger partial charge in [-0.2, -0.15) is 0 Å². The summed E-state index contributed by atoms with van der Waals surface area (Å²) >= 11 is 5.83. The van der Waals surface area contributed by atoms with E-state index in [1.54, 1.807) is 6.07 Å². The fourth-order valence-electron chi connectivity index (χ4n) is 0.846. The van der Waals surface area contributed by atoms with Crippen LogP contribution in [0.2, 0.25) is 5.02 Å². The van der Waals surface area contributed by atoms with Crippen LogP contribution < -0.4 is 5.73 Å². The molecule has 10 heavy (non-hydrogen) atoms. The highest BCUT2D eigenvalue weighted by Crippen LogP contribution is 2.19. The number of pyridine rings is 1. The molecule has 0 aliphatic carbocycles. The summed E-state index contributed by atoms with van der Waals surface area (Å²) in [5.74, 6) is 0.527. The third kappa shape index (κ3) is 1.21. The highest BCUT2D eigenvalue weighted by Gasteiger charge is 2.00. The highest BCUT2D eigenvalue weighted by molar-refractivity contribution is 6.31. The standard InChI is InChI=1S/C7H9ClN2/c1-4-3-6(9)10-5(2)7(4)8/h3H,1-2H3,(H2,9,10). The van der Waals surface area contributed by atoms with Gasteiger partial charge in [-0.3, -0.25) is 0 Å². The van der Waals surface area contributed by atoms with E-state index < -0.39 is 0 Å². The Balaban J connectivity index is 3.31. The number of nitrogen functional groups attached to an aromatic ring is 1. The fourth-order valence-corrected chi connectivity index (χ4v) is 0.942. The maximum atomic E-state index is 5.83. The van der Waals surface area contributed by atoms with Gasteiger partial charge in [0.2, 0.25) is 0 Å². The van der Waals surface area contributed by atoms with Crippen molar-refractivity contribution >= 4 is 17.4 Å². The molecule has 0 spiro atoms. The van der Waals surface area contributed by atoms with Crippen LogP contribution in [0.5, 0.6) is 0 Å². The predicted molar refractivity (Wildman–Crippen MR) is 43.1 cm³/mol. The number of aryl methyl sites for hydroxylation is 2. The third-order valence-corrected chi connectivity index (χ3v) is 1.90. The van der Waals surface area contributed by atoms with Crippen LogP contribution in [0.4, 0.5) is 5.82 Å². The number of hydrogen-bond acceptors (Lipinski definition) is 2. The average Bonchev–Trinajstić information content (AvgIpc) is 1.82. The van der Waals surface area contributed by atoms with Gasteiger partial charge in [-0.05, 0) is 25.5 Å². The van der Waals surface area contributed by atoms with Crippen molar-refractivity contribution in [3.8, 4) is 0 Å². The van der Waals surface area contributed by atoms with Gasteiger partial charge in [-0.15, -0.1) is 0 Å². The fraction of sp³-hybridized carbons (Fsp3) is 0.286. The molecule has 0 fully saturated rings. The van der Waals surface area contributed by atoms with E-state index in [0.717, 1.165) is 11.3 Å². The number of hydrogen-bond donors (Lipinski definition) is 1. The molecule has 0 saturated carbocycles. The van der Waals surface area contributed by atoms with Crippen molar-refractivity contribution in [2.45, 2.75) is 13.8 Å². The van der Waals surface area contributed by atoms with Gasteiger partial charge in [0.05, 0.1) is 10.7 Å². The van der Waals surface area contributed by atoms with Crippen molar-refractivity contribution < 1.29 is 0 Å². The molecule has 1 rings (SSSR count). The second-order valence-corrected chi connectivity index (χ2v) is 2.64. The van der Waals surface area contributed by atoms with E-state index in [1.807, 2.05) is 13.8 Å². The van der Waals surface area contributed by atoms with Crippen molar-refractivity contribution in [1.82, 2.24) is 4.98 Å². The summed E-state index contributed by atoms with van der Waals surface area (Å²) in [4.78, 5) is 3.98. The number of nitrogens with two attached hydrogens (primary N) is 1. The summed E-state index contributed by atoms with van der Waals surface area (Å²) in [6.45, 7) is 3.75. The number of anilines is 1. The average molecular weight is 157 g/mol. The van der Waals surface area contributed by atoms with E-state index in [-0.39, 0.29) is 0 Å². The van der Waals surface area contributed by atoms with Gasteiger partial charge in [0.15, 0.2) is 0 Å². The molecule has 0 aliphatic rings. The Labute approximate surface area is 65.0 Å². The minimum absolute atomic E-state index is 0.527. The Hall–Kier alpha value is -0.760. The lowest BCUT2D eigenvalue weighted by molar-refractivity contribution is 1.19. The molecule has 1 aromatic rings. The Bertz CT molecular complexity index is 235. The van der Waals surface area contributed by atoms with Crippen LogP contribution >= 0.6 is 11.6 Å². The van der Waals surface area contributed by atoms with Crippen molar-refractivity contribution in [1.29, 1.82) is 0 Å². The molecule has 0 atom stereocenters. The maximum Gasteiger partial charge on any atom is 0.123 e. The number of aromatic nitrogens is 1. The largest absolute Gasteiger partial charge is 0.384 e. The Morgan fingerprint density at radius 2 is 2.10 bits per heavy atom. The first-order chi connectivity index (χ1) is 4.61. The van der Waals surface area contributed by atoms with E-state index in [0.29, 0.717) is 10.8 Å². The van der Waals surface area contributed by atoms with Crippen LogP contribution in [0.25, 0.3) is 0 Å². The van der Waals surface area contributed by atoms with Crippen LogP contribution in [0.3, 0.4) is 0 Å². The topological polar surface area (TPSA) is 38.9 Å². The summed E-state index contributed by atoms with van der Waals surface area (Å²) < 4.78 is 0. The van der Waals surface area contributed by atoms with Crippen molar-refractivity contribution in [2.24, 2.45) is 0 Å². The molecule has 0 bridgehead atoms. The van der Waals surface area contributed by atoms with Crippen molar-refractivity contribution in [2.75, 3.05) is 5.73 Å². The summed E-state index contributed by atoms with van der Waals surface area (Å²) in [6, 6.07) is 1.76. The minimum Gasteiger partial charge on any atom is -0.384 e. The highest BCUT2D eigenvalue weighted by atomic mass is 35.5. The number of nitrogens with zero attached hydrogens (tertiary/aromatic N) is 1. The maximum absolute atomic E-state index is 5.83. The Morgan fingerprint density at radius 1 is 1.50 bits per heavy atom. The van der Waals surface area contributed by atoms with Crippen molar-refractivity contribution in [3.05, 3.63) is 22.3 Å². The summed E-state index contributed by atoms with van der Waals surface area (Å²) in [7, 11) is 0. The lowest BCUT2D eigenvalue weighted by Crippen LogP contribution is -1.94. The third-order valence-electron chi connectivity index (χ3n) is 1.33. The van der Waals surface area contributed by atoms with Gasteiger partial charge < -0.3 is 5.73 Å². The molecule has 2 nitrogen and oxygen atoms in total. The molecular weight excluding hydrogens is 148 g/mol. The molecule has 0 radical (unpaired) electrons. The summed E-state index contributed by atoms with van der Waals surface area (Å²) in [6.07, 6.45) is 0. The first kappa shape index (κ1) is 7.35. The molecule has 1 aromatic heterocycles. The zero-order chi connectivity index (χ0) is 7.72. The van der Waals surface area contributed by atoms with Crippen LogP contribution in [0, 0.1) is 13.8 Å². The first-order valence-corrected chi connectivity index (χ1v) is 3.38. The monoisotopic (exact) mass is 156 g/mol. The van der Waals surface area contributed by atoms with Crippen molar-refractivity contribution in [3.63, 3.8) is 0 Å². The van der Waals surface area contributed by atoms with Gasteiger partial charge in [-0.1, -0.05) is 11.6 Å². The SMILES string of the molecule is Cc1cc(N)nc(C)c1Cl. The molecule has 1 heterocycles. The Kier molecular flexibility index (Phi) is 1.81. The molecular formula is C7H9ClN2. The molecule has 0 aliphatic heterocycles. The molecule has 54 valence electrons. The summed E-state index contributed by atoms with van der Waals surface area (Å²) in [5.41, 5.74) is 7.23. The Morgan fingerprint density at radius 3 is 2.60 bits per heavy atom. The van der Waals surface area contributed by atoms with Gasteiger partial charge >= 0.3 is 0 Å². The number of halogens is 1. The van der Waals surface area contributed by atoms with Crippen LogP contribution in [-0.4, -0.2) is 4.98 Å². The summed E-state index contributed by atoms with van der Waals surface area (Å²) in [5, 5.41) is 0.703. The molecule has 2 N–H and O–H groups in total. The van der Waals surface area contributed by atoms with E-state index in [1.165, 1.54) is 0 Å². The van der Waals surface area contributed by atoms with E-state index in [4.69, 9.17) is 17.3 Å². The van der Waals surface area contributed by atoms with E-state index in [9.17, 15) is 0 Å². The molecule has 0 saturated heterocycles. The predicted octanol–water partition coefficient (Wildman–Crippen LogP) is 1.93. The lowest BCUT2D eigenvalue weighted by Gasteiger charge is -2.01. The van der Waals surface area contributed by atoms with E-state index >= 15 is 0 Å². The van der Waals surface area contributed by atoms with E-state index in [2.05, 4.69) is 4.98 Å². The van der Waals surface area contributed by atoms with Gasteiger partial charge in [0, 0.05) is 0 Å². The number of rotatable bonds is 0. The normalized spacial score (nSPS) is 9.90.